The SMILES string of the molecule is N#Cc1ccc(F)cc1Oc1ccccc1. The molecule has 0 heterocycles. The molecule has 0 aromatic heterocycles. The van der Waals surface area contributed by atoms with Gasteiger partial charge in [-0.05, 0) is 24.3 Å². The highest BCUT2D eigenvalue weighted by Gasteiger charge is 2.05. The topological polar surface area (TPSA) is 33.0 Å². The summed E-state index contributed by atoms with van der Waals surface area (Å²) in [4.78, 5) is 0. The fourth-order valence-electron chi connectivity index (χ4n) is 1.29. The molecule has 0 unspecified atom stereocenters. The Kier molecular flexibility index (Phi) is 2.84. The molecule has 0 bridgehead atoms. The van der Waals surface area contributed by atoms with Crippen LogP contribution in [0.3, 0.4) is 0 Å². The monoisotopic (exact) mass is 213 g/mol. The van der Waals surface area contributed by atoms with Crippen LogP contribution in [0.25, 0.3) is 0 Å². The predicted molar refractivity (Wildman–Crippen MR) is 57.6 cm³/mol. The maximum atomic E-state index is 13.0. The minimum absolute atomic E-state index is 0.230. The Bertz CT molecular complexity index is 531. The van der Waals surface area contributed by atoms with Gasteiger partial charge in [0.1, 0.15) is 23.4 Å². The van der Waals surface area contributed by atoms with E-state index in [9.17, 15) is 4.39 Å². The minimum Gasteiger partial charge on any atom is -0.456 e. The molecule has 2 aromatic carbocycles. The quantitative estimate of drug-likeness (QED) is 0.764. The molecule has 16 heavy (non-hydrogen) atoms. The largest absolute Gasteiger partial charge is 0.456 e. The highest BCUT2D eigenvalue weighted by atomic mass is 19.1. The van der Waals surface area contributed by atoms with Crippen LogP contribution in [0.2, 0.25) is 0 Å². The fraction of sp³-hybridized carbons (Fsp3) is 0. The summed E-state index contributed by atoms with van der Waals surface area (Å²) < 4.78 is 18.4. The average Bonchev–Trinajstić information content (AvgIpc) is 2.31. The zero-order chi connectivity index (χ0) is 11.4. The van der Waals surface area contributed by atoms with Crippen LogP contribution < -0.4 is 4.74 Å². The van der Waals surface area contributed by atoms with Crippen LogP contribution in [0, 0.1) is 17.1 Å². The zero-order valence-corrected chi connectivity index (χ0v) is 8.35. The van der Waals surface area contributed by atoms with Gasteiger partial charge in [0.15, 0.2) is 0 Å². The van der Waals surface area contributed by atoms with Crippen molar-refractivity contribution < 1.29 is 9.13 Å². The Labute approximate surface area is 92.5 Å². The molecule has 0 saturated heterocycles. The number of halogens is 1. The molecule has 0 N–H and O–H groups in total. The summed E-state index contributed by atoms with van der Waals surface area (Å²) in [6.07, 6.45) is 0. The van der Waals surface area contributed by atoms with Crippen molar-refractivity contribution in [1.82, 2.24) is 0 Å². The molecule has 0 amide bonds. The van der Waals surface area contributed by atoms with Crippen molar-refractivity contribution in [2.75, 3.05) is 0 Å². The second kappa shape index (κ2) is 4.45. The summed E-state index contributed by atoms with van der Waals surface area (Å²) in [6, 6.07) is 14.7. The van der Waals surface area contributed by atoms with Crippen molar-refractivity contribution in [1.29, 1.82) is 5.26 Å². The van der Waals surface area contributed by atoms with Crippen molar-refractivity contribution >= 4 is 0 Å². The molecule has 2 aromatic rings. The Hall–Kier alpha value is -2.34. The maximum Gasteiger partial charge on any atom is 0.148 e. The second-order valence-electron chi connectivity index (χ2n) is 3.17. The fourth-order valence-corrected chi connectivity index (χ4v) is 1.29. The van der Waals surface area contributed by atoms with Crippen LogP contribution in [0.15, 0.2) is 48.5 Å². The van der Waals surface area contributed by atoms with Gasteiger partial charge in [-0.3, -0.25) is 0 Å². The van der Waals surface area contributed by atoms with Crippen molar-refractivity contribution in [2.24, 2.45) is 0 Å². The first-order valence-electron chi connectivity index (χ1n) is 4.72. The molecule has 78 valence electrons. The van der Waals surface area contributed by atoms with Crippen LogP contribution >= 0.6 is 0 Å². The van der Waals surface area contributed by atoms with E-state index in [1.807, 2.05) is 12.1 Å². The summed E-state index contributed by atoms with van der Waals surface area (Å²) in [5.41, 5.74) is 0.310. The zero-order valence-electron chi connectivity index (χ0n) is 8.35. The lowest BCUT2D eigenvalue weighted by atomic mass is 10.2. The van der Waals surface area contributed by atoms with E-state index in [-0.39, 0.29) is 5.75 Å². The first-order valence-corrected chi connectivity index (χ1v) is 4.72. The first kappa shape index (κ1) is 10.2. The van der Waals surface area contributed by atoms with E-state index in [4.69, 9.17) is 10.00 Å². The molecule has 0 aliphatic rings. The number of nitrogens with zero attached hydrogens (tertiary/aromatic N) is 1. The molecule has 0 radical (unpaired) electrons. The lowest BCUT2D eigenvalue weighted by Gasteiger charge is -2.06. The molecule has 0 aliphatic heterocycles. The van der Waals surface area contributed by atoms with Crippen LogP contribution in [0.5, 0.6) is 11.5 Å². The number of ether oxygens (including phenoxy) is 1. The van der Waals surface area contributed by atoms with Gasteiger partial charge in [-0.2, -0.15) is 5.26 Å². The smallest absolute Gasteiger partial charge is 0.148 e. The van der Waals surface area contributed by atoms with E-state index < -0.39 is 5.82 Å². The Morgan fingerprint density at radius 3 is 2.50 bits per heavy atom. The predicted octanol–water partition coefficient (Wildman–Crippen LogP) is 3.49. The van der Waals surface area contributed by atoms with Gasteiger partial charge in [0.05, 0.1) is 5.56 Å². The lowest BCUT2D eigenvalue weighted by molar-refractivity contribution is 0.475. The van der Waals surface area contributed by atoms with Gasteiger partial charge in [-0.25, -0.2) is 4.39 Å². The van der Waals surface area contributed by atoms with Gasteiger partial charge in [-0.1, -0.05) is 18.2 Å². The van der Waals surface area contributed by atoms with Gasteiger partial charge in [0, 0.05) is 6.07 Å². The highest BCUT2D eigenvalue weighted by molar-refractivity contribution is 5.45. The van der Waals surface area contributed by atoms with Crippen LogP contribution in [-0.4, -0.2) is 0 Å². The van der Waals surface area contributed by atoms with Crippen molar-refractivity contribution in [3.63, 3.8) is 0 Å². The third kappa shape index (κ3) is 2.18. The van der Waals surface area contributed by atoms with Gasteiger partial charge in [0.25, 0.3) is 0 Å². The summed E-state index contributed by atoms with van der Waals surface area (Å²) >= 11 is 0. The molecular formula is C13H8FNO. The number of para-hydroxylation sites is 1. The van der Waals surface area contributed by atoms with Crippen molar-refractivity contribution in [3.05, 3.63) is 59.9 Å². The summed E-state index contributed by atoms with van der Waals surface area (Å²) in [5, 5.41) is 8.83. The molecule has 3 heteroatoms. The Morgan fingerprint density at radius 2 is 1.81 bits per heavy atom. The molecule has 0 aliphatic carbocycles. The van der Waals surface area contributed by atoms with Crippen LogP contribution in [0.4, 0.5) is 4.39 Å². The molecular weight excluding hydrogens is 205 g/mol. The number of hydrogen-bond acceptors (Lipinski definition) is 2. The van der Waals surface area contributed by atoms with E-state index in [0.29, 0.717) is 11.3 Å². The summed E-state index contributed by atoms with van der Waals surface area (Å²) in [6.45, 7) is 0. The first-order chi connectivity index (χ1) is 7.79. The molecule has 2 rings (SSSR count). The average molecular weight is 213 g/mol. The summed E-state index contributed by atoms with van der Waals surface area (Å²) in [5.74, 6) is 0.378. The van der Waals surface area contributed by atoms with Gasteiger partial charge in [-0.15, -0.1) is 0 Å². The molecule has 2 nitrogen and oxygen atoms in total. The Morgan fingerprint density at radius 1 is 1.06 bits per heavy atom. The number of benzene rings is 2. The lowest BCUT2D eigenvalue weighted by Crippen LogP contribution is -1.89. The standard InChI is InChI=1S/C13H8FNO/c14-11-7-6-10(9-15)13(8-11)16-12-4-2-1-3-5-12/h1-8H. The number of rotatable bonds is 2. The van der Waals surface area contributed by atoms with E-state index in [2.05, 4.69) is 0 Å². The molecule has 0 atom stereocenters. The molecule has 0 saturated carbocycles. The van der Waals surface area contributed by atoms with Crippen molar-refractivity contribution in [2.45, 2.75) is 0 Å². The normalized spacial score (nSPS) is 9.50. The van der Waals surface area contributed by atoms with E-state index >= 15 is 0 Å². The minimum atomic E-state index is -0.426. The number of nitriles is 1. The third-order valence-electron chi connectivity index (χ3n) is 2.04. The van der Waals surface area contributed by atoms with Gasteiger partial charge in [0.2, 0.25) is 0 Å². The second-order valence-corrected chi connectivity index (χ2v) is 3.17. The van der Waals surface area contributed by atoms with Gasteiger partial charge < -0.3 is 4.74 Å². The number of hydrogen-bond donors (Lipinski definition) is 0. The van der Waals surface area contributed by atoms with E-state index in [1.165, 1.54) is 18.2 Å². The Balaban J connectivity index is 2.35. The van der Waals surface area contributed by atoms with Gasteiger partial charge >= 0.3 is 0 Å². The highest BCUT2D eigenvalue weighted by Crippen LogP contribution is 2.25. The van der Waals surface area contributed by atoms with Crippen molar-refractivity contribution in [3.8, 4) is 17.6 Å². The summed E-state index contributed by atoms with van der Waals surface area (Å²) in [7, 11) is 0. The van der Waals surface area contributed by atoms with Crippen LogP contribution in [-0.2, 0) is 0 Å². The molecule has 0 fully saturated rings. The van der Waals surface area contributed by atoms with E-state index in [0.717, 1.165) is 0 Å². The van der Waals surface area contributed by atoms with E-state index in [1.54, 1.807) is 24.3 Å². The third-order valence-corrected chi connectivity index (χ3v) is 2.04. The molecule has 0 spiro atoms. The van der Waals surface area contributed by atoms with Crippen LogP contribution in [0.1, 0.15) is 5.56 Å². The maximum absolute atomic E-state index is 13.0.